The van der Waals surface area contributed by atoms with Gasteiger partial charge in [-0.25, -0.2) is 13.1 Å². The largest absolute Gasteiger partial charge is 0.337 e. The van der Waals surface area contributed by atoms with Gasteiger partial charge in [0.25, 0.3) is 5.91 Å². The quantitative estimate of drug-likeness (QED) is 0.814. The third kappa shape index (κ3) is 4.20. The van der Waals surface area contributed by atoms with Crippen LogP contribution in [0.3, 0.4) is 0 Å². The SMILES string of the molecule is CNS(=O)(=O)c1ccc(C)c(C(=O)N(C)Cc2cc(Br)cs2)c1. The minimum absolute atomic E-state index is 0.0845. The lowest BCUT2D eigenvalue weighted by molar-refractivity contribution is 0.0785. The highest BCUT2D eigenvalue weighted by atomic mass is 79.9. The molecule has 0 saturated heterocycles. The van der Waals surface area contributed by atoms with Gasteiger partial charge in [0, 0.05) is 27.3 Å². The molecule has 1 N–H and O–H groups in total. The average Bonchev–Trinajstić information content (AvgIpc) is 2.91. The topological polar surface area (TPSA) is 66.5 Å². The number of aryl methyl sites for hydroxylation is 1. The summed E-state index contributed by atoms with van der Waals surface area (Å²) >= 11 is 4.95. The van der Waals surface area contributed by atoms with Crippen LogP contribution in [0.15, 0.2) is 39.0 Å². The second kappa shape index (κ2) is 7.12. The summed E-state index contributed by atoms with van der Waals surface area (Å²) in [5.74, 6) is -0.208. The van der Waals surface area contributed by atoms with Crippen molar-refractivity contribution in [2.75, 3.05) is 14.1 Å². The maximum absolute atomic E-state index is 12.6. The first-order valence-corrected chi connectivity index (χ1v) is 9.92. The number of nitrogens with one attached hydrogen (secondary N) is 1. The Morgan fingerprint density at radius 3 is 2.61 bits per heavy atom. The molecule has 0 spiro atoms. The van der Waals surface area contributed by atoms with E-state index >= 15 is 0 Å². The molecule has 8 heteroatoms. The number of halogens is 1. The highest BCUT2D eigenvalue weighted by Gasteiger charge is 2.19. The number of thiophene rings is 1. The van der Waals surface area contributed by atoms with Crippen LogP contribution in [0.2, 0.25) is 0 Å². The summed E-state index contributed by atoms with van der Waals surface area (Å²) in [5, 5.41) is 1.96. The maximum Gasteiger partial charge on any atom is 0.254 e. The molecule has 0 fully saturated rings. The van der Waals surface area contributed by atoms with Crippen molar-refractivity contribution in [3.63, 3.8) is 0 Å². The maximum atomic E-state index is 12.6. The molecule has 0 saturated carbocycles. The molecule has 2 aromatic rings. The van der Waals surface area contributed by atoms with Crippen molar-refractivity contribution in [3.8, 4) is 0 Å². The van der Waals surface area contributed by atoms with Gasteiger partial charge in [-0.1, -0.05) is 6.07 Å². The molecule has 0 aliphatic rings. The third-order valence-corrected chi connectivity index (χ3v) is 6.47. The molecule has 5 nitrogen and oxygen atoms in total. The molecule has 0 aliphatic carbocycles. The van der Waals surface area contributed by atoms with E-state index in [1.807, 2.05) is 11.4 Å². The van der Waals surface area contributed by atoms with Gasteiger partial charge in [0.15, 0.2) is 0 Å². The first-order chi connectivity index (χ1) is 10.7. The van der Waals surface area contributed by atoms with Crippen LogP contribution in [0.1, 0.15) is 20.8 Å². The van der Waals surface area contributed by atoms with Gasteiger partial charge < -0.3 is 4.90 Å². The zero-order valence-corrected chi connectivity index (χ0v) is 16.2. The number of rotatable bonds is 5. The predicted molar refractivity (Wildman–Crippen MR) is 95.2 cm³/mol. The number of hydrogen-bond acceptors (Lipinski definition) is 4. The summed E-state index contributed by atoms with van der Waals surface area (Å²) < 4.78 is 27.1. The van der Waals surface area contributed by atoms with Crippen molar-refractivity contribution in [2.24, 2.45) is 0 Å². The minimum atomic E-state index is -3.58. The van der Waals surface area contributed by atoms with Gasteiger partial charge in [-0.2, -0.15) is 0 Å². The van der Waals surface area contributed by atoms with Gasteiger partial charge >= 0.3 is 0 Å². The van der Waals surface area contributed by atoms with Crippen LogP contribution in [0.5, 0.6) is 0 Å². The molecule has 124 valence electrons. The van der Waals surface area contributed by atoms with Gasteiger partial charge in [-0.05, 0) is 53.7 Å². The summed E-state index contributed by atoms with van der Waals surface area (Å²) in [5.41, 5.74) is 1.13. The summed E-state index contributed by atoms with van der Waals surface area (Å²) in [6.45, 7) is 2.26. The average molecular weight is 417 g/mol. The Balaban J connectivity index is 2.29. The van der Waals surface area contributed by atoms with E-state index in [1.54, 1.807) is 36.3 Å². The predicted octanol–water partition coefficient (Wildman–Crippen LogP) is 3.00. The second-order valence-electron chi connectivity index (χ2n) is 5.08. The van der Waals surface area contributed by atoms with Crippen molar-refractivity contribution in [3.05, 3.63) is 50.1 Å². The van der Waals surface area contributed by atoms with Crippen LogP contribution in [-0.4, -0.2) is 33.3 Å². The van der Waals surface area contributed by atoms with E-state index in [0.717, 1.165) is 14.9 Å². The molecule has 1 heterocycles. The van der Waals surface area contributed by atoms with Crippen LogP contribution in [0.25, 0.3) is 0 Å². The van der Waals surface area contributed by atoms with Gasteiger partial charge in [-0.15, -0.1) is 11.3 Å². The van der Waals surface area contributed by atoms with Crippen molar-refractivity contribution >= 4 is 43.2 Å². The molecule has 1 amide bonds. The normalized spacial score (nSPS) is 11.5. The van der Waals surface area contributed by atoms with Crippen molar-refractivity contribution in [1.82, 2.24) is 9.62 Å². The van der Waals surface area contributed by atoms with E-state index in [4.69, 9.17) is 0 Å². The zero-order chi connectivity index (χ0) is 17.2. The van der Waals surface area contributed by atoms with E-state index in [9.17, 15) is 13.2 Å². The van der Waals surface area contributed by atoms with E-state index in [1.165, 1.54) is 19.2 Å². The van der Waals surface area contributed by atoms with Crippen molar-refractivity contribution < 1.29 is 13.2 Å². The van der Waals surface area contributed by atoms with Crippen LogP contribution in [0, 0.1) is 6.92 Å². The highest BCUT2D eigenvalue weighted by Crippen LogP contribution is 2.22. The fourth-order valence-electron chi connectivity index (χ4n) is 2.06. The Morgan fingerprint density at radius 1 is 1.35 bits per heavy atom. The molecule has 0 radical (unpaired) electrons. The molecule has 1 aromatic carbocycles. The van der Waals surface area contributed by atoms with Crippen LogP contribution >= 0.6 is 27.3 Å². The lowest BCUT2D eigenvalue weighted by atomic mass is 10.1. The Labute approximate surface area is 148 Å². The summed E-state index contributed by atoms with van der Waals surface area (Å²) in [7, 11) is -0.529. The molecule has 23 heavy (non-hydrogen) atoms. The number of nitrogens with zero attached hydrogens (tertiary/aromatic N) is 1. The first kappa shape index (κ1) is 18.1. The van der Waals surface area contributed by atoms with E-state index in [0.29, 0.717) is 12.1 Å². The molecular weight excluding hydrogens is 400 g/mol. The molecule has 1 aromatic heterocycles. The molecule has 0 unspecified atom stereocenters. The number of sulfonamides is 1. The van der Waals surface area contributed by atoms with Crippen molar-refractivity contribution in [2.45, 2.75) is 18.4 Å². The highest BCUT2D eigenvalue weighted by molar-refractivity contribution is 9.10. The van der Waals surface area contributed by atoms with E-state index < -0.39 is 10.0 Å². The fraction of sp³-hybridized carbons (Fsp3) is 0.267. The van der Waals surface area contributed by atoms with E-state index in [-0.39, 0.29) is 10.8 Å². The zero-order valence-electron chi connectivity index (χ0n) is 13.0. The van der Waals surface area contributed by atoms with Crippen LogP contribution in [-0.2, 0) is 16.6 Å². The van der Waals surface area contributed by atoms with Gasteiger partial charge in [-0.3, -0.25) is 4.79 Å². The second-order valence-corrected chi connectivity index (χ2v) is 8.87. The van der Waals surface area contributed by atoms with Gasteiger partial charge in [0.05, 0.1) is 11.4 Å². The first-order valence-electron chi connectivity index (χ1n) is 6.77. The summed E-state index contributed by atoms with van der Waals surface area (Å²) in [6, 6.07) is 6.52. The third-order valence-electron chi connectivity index (χ3n) is 3.38. The summed E-state index contributed by atoms with van der Waals surface area (Å²) in [4.78, 5) is 15.4. The number of carbonyl (C=O) groups excluding carboxylic acids is 1. The molecular formula is C15H17BrN2O3S2. The molecule has 0 bridgehead atoms. The molecule has 0 atom stereocenters. The van der Waals surface area contributed by atoms with Crippen molar-refractivity contribution in [1.29, 1.82) is 0 Å². The monoisotopic (exact) mass is 416 g/mol. The summed E-state index contributed by atoms with van der Waals surface area (Å²) in [6.07, 6.45) is 0. The van der Waals surface area contributed by atoms with Crippen LogP contribution in [0.4, 0.5) is 0 Å². The minimum Gasteiger partial charge on any atom is -0.337 e. The number of benzene rings is 1. The van der Waals surface area contributed by atoms with Crippen LogP contribution < -0.4 is 4.72 Å². The van der Waals surface area contributed by atoms with Gasteiger partial charge in [0.1, 0.15) is 0 Å². The Kier molecular flexibility index (Phi) is 5.61. The smallest absolute Gasteiger partial charge is 0.254 e. The Bertz CT molecular complexity index is 831. The lowest BCUT2D eigenvalue weighted by Gasteiger charge is -2.18. The van der Waals surface area contributed by atoms with Gasteiger partial charge in [0.2, 0.25) is 10.0 Å². The lowest BCUT2D eigenvalue weighted by Crippen LogP contribution is -2.27. The number of hydrogen-bond donors (Lipinski definition) is 1. The van der Waals surface area contributed by atoms with E-state index in [2.05, 4.69) is 20.7 Å². The fourth-order valence-corrected chi connectivity index (χ4v) is 4.32. The number of carbonyl (C=O) groups is 1. The molecule has 0 aliphatic heterocycles. The Hall–Kier alpha value is -1.22. The molecule has 2 rings (SSSR count). The number of amides is 1. The Morgan fingerprint density at radius 2 is 2.04 bits per heavy atom. The standard InChI is InChI=1S/C15H17BrN2O3S2/c1-10-4-5-13(23(20,21)17-2)7-14(10)15(19)18(3)8-12-6-11(16)9-22-12/h4-7,9,17H,8H2,1-3H3.